The van der Waals surface area contributed by atoms with E-state index in [0.717, 1.165) is 0 Å². The number of anilines is 2. The van der Waals surface area contributed by atoms with Crippen LogP contribution in [0.15, 0.2) is 72.9 Å². The van der Waals surface area contributed by atoms with Crippen molar-refractivity contribution in [2.24, 2.45) is 0 Å². The van der Waals surface area contributed by atoms with E-state index in [4.69, 9.17) is 28.9 Å². The molecule has 2 heterocycles. The second kappa shape index (κ2) is 7.62. The largest absolute Gasteiger partial charge is 0.396 e. The summed E-state index contributed by atoms with van der Waals surface area (Å²) in [5.74, 6) is -0.758. The third-order valence-corrected chi connectivity index (χ3v) is 5.28. The molecule has 0 aliphatic heterocycles. The fourth-order valence-electron chi connectivity index (χ4n) is 3.19. The van der Waals surface area contributed by atoms with Gasteiger partial charge < -0.3 is 15.5 Å². The molecule has 1 amide bonds. The standard InChI is InChI=1S/C22H15Cl2N3O2/c23-15-10-9-13(12-16(15)24)21(28)20-19(25)18(17-8-4-5-11-27(17)20)22(29)26-14-6-2-1-3-7-14/h1-12H,25H2,(H,26,29). The normalized spacial score (nSPS) is 10.8. The highest BCUT2D eigenvalue weighted by atomic mass is 35.5. The van der Waals surface area contributed by atoms with Crippen LogP contribution in [0.3, 0.4) is 0 Å². The zero-order valence-corrected chi connectivity index (χ0v) is 16.5. The minimum atomic E-state index is -0.398. The first-order valence-electron chi connectivity index (χ1n) is 8.72. The molecule has 0 spiro atoms. The maximum Gasteiger partial charge on any atom is 0.259 e. The van der Waals surface area contributed by atoms with Crippen LogP contribution in [0.5, 0.6) is 0 Å². The van der Waals surface area contributed by atoms with E-state index < -0.39 is 5.91 Å². The molecule has 29 heavy (non-hydrogen) atoms. The predicted molar refractivity (Wildman–Crippen MR) is 116 cm³/mol. The molecule has 0 saturated carbocycles. The van der Waals surface area contributed by atoms with E-state index in [1.54, 1.807) is 53.1 Å². The summed E-state index contributed by atoms with van der Waals surface area (Å²) in [5.41, 5.74) is 8.32. The summed E-state index contributed by atoms with van der Waals surface area (Å²) in [5, 5.41) is 3.43. The Morgan fingerprint density at radius 3 is 2.34 bits per heavy atom. The van der Waals surface area contributed by atoms with Gasteiger partial charge in [0.2, 0.25) is 5.78 Å². The first-order valence-corrected chi connectivity index (χ1v) is 9.47. The molecule has 0 unspecified atom stereocenters. The van der Waals surface area contributed by atoms with Gasteiger partial charge in [0.15, 0.2) is 0 Å². The molecule has 0 saturated heterocycles. The van der Waals surface area contributed by atoms with Crippen molar-refractivity contribution in [1.82, 2.24) is 4.40 Å². The lowest BCUT2D eigenvalue weighted by molar-refractivity contribution is 0.102. The van der Waals surface area contributed by atoms with Crippen LogP contribution in [0, 0.1) is 0 Å². The van der Waals surface area contributed by atoms with Gasteiger partial charge in [0, 0.05) is 17.4 Å². The number of nitrogens with one attached hydrogen (secondary N) is 1. The molecule has 2 aromatic carbocycles. The van der Waals surface area contributed by atoms with Gasteiger partial charge in [-0.25, -0.2) is 0 Å². The number of rotatable bonds is 4. The van der Waals surface area contributed by atoms with Gasteiger partial charge in [0.1, 0.15) is 5.69 Å². The summed E-state index contributed by atoms with van der Waals surface area (Å²) < 4.78 is 1.61. The Bertz CT molecular complexity index is 1250. The van der Waals surface area contributed by atoms with Gasteiger partial charge in [-0.2, -0.15) is 0 Å². The molecule has 0 radical (unpaired) electrons. The molecule has 7 heteroatoms. The first kappa shape index (κ1) is 19.1. The van der Waals surface area contributed by atoms with Gasteiger partial charge >= 0.3 is 0 Å². The number of carbonyl (C=O) groups is 2. The van der Waals surface area contributed by atoms with Crippen LogP contribution in [0.2, 0.25) is 10.0 Å². The Kier molecular flexibility index (Phi) is 5.01. The highest BCUT2D eigenvalue weighted by Crippen LogP contribution is 2.31. The third-order valence-electron chi connectivity index (χ3n) is 4.54. The van der Waals surface area contributed by atoms with Crippen molar-refractivity contribution in [1.29, 1.82) is 0 Å². The maximum absolute atomic E-state index is 13.2. The summed E-state index contributed by atoms with van der Waals surface area (Å²) in [6, 6.07) is 18.9. The Labute approximate surface area is 176 Å². The lowest BCUT2D eigenvalue weighted by Gasteiger charge is -2.06. The van der Waals surface area contributed by atoms with E-state index in [9.17, 15) is 9.59 Å². The highest BCUT2D eigenvalue weighted by molar-refractivity contribution is 6.42. The van der Waals surface area contributed by atoms with Crippen molar-refractivity contribution in [3.05, 3.63) is 99.8 Å². The highest BCUT2D eigenvalue weighted by Gasteiger charge is 2.26. The van der Waals surface area contributed by atoms with Gasteiger partial charge in [-0.15, -0.1) is 0 Å². The van der Waals surface area contributed by atoms with E-state index in [1.807, 2.05) is 18.2 Å². The molecule has 4 rings (SSSR count). The fourth-order valence-corrected chi connectivity index (χ4v) is 3.49. The van der Waals surface area contributed by atoms with Crippen LogP contribution in [0.1, 0.15) is 26.4 Å². The molecular weight excluding hydrogens is 409 g/mol. The molecule has 0 bridgehead atoms. The van der Waals surface area contributed by atoms with Gasteiger partial charge in [0.05, 0.1) is 26.8 Å². The van der Waals surface area contributed by atoms with Gasteiger partial charge in [0.25, 0.3) is 5.91 Å². The molecule has 0 aliphatic carbocycles. The number of pyridine rings is 1. The van der Waals surface area contributed by atoms with Gasteiger partial charge in [-0.05, 0) is 42.5 Å². The fraction of sp³-hybridized carbons (Fsp3) is 0. The molecule has 3 N–H and O–H groups in total. The minimum Gasteiger partial charge on any atom is -0.396 e. The van der Waals surface area contributed by atoms with E-state index in [2.05, 4.69) is 5.32 Å². The third kappa shape index (κ3) is 3.46. The summed E-state index contributed by atoms with van der Waals surface area (Å²) in [7, 11) is 0. The van der Waals surface area contributed by atoms with Crippen molar-refractivity contribution >= 4 is 51.8 Å². The predicted octanol–water partition coefficient (Wildman–Crippen LogP) is 5.31. The number of amides is 1. The average molecular weight is 424 g/mol. The Balaban J connectivity index is 1.83. The summed E-state index contributed by atoms with van der Waals surface area (Å²) in [6.07, 6.45) is 1.69. The molecule has 0 aliphatic rings. The number of fused-ring (bicyclic) bond motifs is 1. The van der Waals surface area contributed by atoms with Crippen molar-refractivity contribution in [2.75, 3.05) is 11.1 Å². The maximum atomic E-state index is 13.2. The molecule has 0 atom stereocenters. The van der Waals surface area contributed by atoms with E-state index in [0.29, 0.717) is 21.8 Å². The number of halogens is 2. The number of para-hydroxylation sites is 1. The first-order chi connectivity index (χ1) is 14.0. The summed E-state index contributed by atoms with van der Waals surface area (Å²) in [4.78, 5) is 26.2. The number of nitrogens with zero attached hydrogens (tertiary/aromatic N) is 1. The second-order valence-electron chi connectivity index (χ2n) is 6.37. The molecule has 5 nitrogen and oxygen atoms in total. The lowest BCUT2D eigenvalue weighted by atomic mass is 10.1. The zero-order valence-electron chi connectivity index (χ0n) is 15.0. The number of benzene rings is 2. The second-order valence-corrected chi connectivity index (χ2v) is 7.19. The van der Waals surface area contributed by atoms with Gasteiger partial charge in [-0.1, -0.05) is 47.5 Å². The van der Waals surface area contributed by atoms with Crippen LogP contribution in [0.25, 0.3) is 5.52 Å². The number of hydrogen-bond donors (Lipinski definition) is 2. The van der Waals surface area contributed by atoms with Crippen molar-refractivity contribution in [2.45, 2.75) is 0 Å². The number of ketones is 1. The van der Waals surface area contributed by atoms with Crippen molar-refractivity contribution in [3.63, 3.8) is 0 Å². The minimum absolute atomic E-state index is 0.0979. The Morgan fingerprint density at radius 1 is 0.897 bits per heavy atom. The lowest BCUT2D eigenvalue weighted by Crippen LogP contribution is -2.14. The molecule has 4 aromatic rings. The summed E-state index contributed by atoms with van der Waals surface area (Å²) in [6.45, 7) is 0. The summed E-state index contributed by atoms with van der Waals surface area (Å²) >= 11 is 12.0. The number of aromatic nitrogens is 1. The van der Waals surface area contributed by atoms with E-state index >= 15 is 0 Å². The van der Waals surface area contributed by atoms with Crippen molar-refractivity contribution in [3.8, 4) is 0 Å². The topological polar surface area (TPSA) is 76.6 Å². The van der Waals surface area contributed by atoms with Crippen LogP contribution in [-0.4, -0.2) is 16.1 Å². The van der Waals surface area contributed by atoms with Crippen LogP contribution < -0.4 is 11.1 Å². The zero-order chi connectivity index (χ0) is 20.5. The monoisotopic (exact) mass is 423 g/mol. The quantitative estimate of drug-likeness (QED) is 0.436. The van der Waals surface area contributed by atoms with Gasteiger partial charge in [-0.3, -0.25) is 9.59 Å². The van der Waals surface area contributed by atoms with Crippen LogP contribution in [-0.2, 0) is 0 Å². The Hall–Kier alpha value is -3.28. The number of nitrogen functional groups attached to an aromatic ring is 1. The number of nitrogens with two attached hydrogens (primary N) is 1. The molecular formula is C22H15Cl2N3O2. The SMILES string of the molecule is Nc1c(C(=O)Nc2ccccc2)c2ccccn2c1C(=O)c1ccc(Cl)c(Cl)c1. The number of hydrogen-bond acceptors (Lipinski definition) is 3. The van der Waals surface area contributed by atoms with Crippen LogP contribution in [0.4, 0.5) is 11.4 Å². The number of carbonyl (C=O) groups excluding carboxylic acids is 2. The van der Waals surface area contributed by atoms with E-state index in [-0.39, 0.29) is 27.8 Å². The smallest absolute Gasteiger partial charge is 0.259 e. The van der Waals surface area contributed by atoms with Crippen molar-refractivity contribution < 1.29 is 9.59 Å². The average Bonchev–Trinajstić information content (AvgIpc) is 3.02. The molecule has 144 valence electrons. The van der Waals surface area contributed by atoms with Crippen LogP contribution >= 0.6 is 23.2 Å². The molecule has 0 fully saturated rings. The molecule has 2 aromatic heterocycles. The Morgan fingerprint density at radius 2 is 1.62 bits per heavy atom. The van der Waals surface area contributed by atoms with E-state index in [1.165, 1.54) is 6.07 Å².